The summed E-state index contributed by atoms with van der Waals surface area (Å²) >= 11 is 1.71. The molecule has 0 aromatic carbocycles. The third kappa shape index (κ3) is 10.6. The lowest BCUT2D eigenvalue weighted by molar-refractivity contribution is -0.175. The highest BCUT2D eigenvalue weighted by atomic mass is 32.2. The van der Waals surface area contributed by atoms with Crippen LogP contribution in [-0.4, -0.2) is 108 Å². The van der Waals surface area contributed by atoms with Gasteiger partial charge in [-0.2, -0.15) is 11.8 Å². The van der Waals surface area contributed by atoms with Gasteiger partial charge in [-0.25, -0.2) is 0 Å². The van der Waals surface area contributed by atoms with Gasteiger partial charge in [-0.05, 0) is 64.2 Å². The van der Waals surface area contributed by atoms with Crippen molar-refractivity contribution in [2.45, 2.75) is 122 Å². The van der Waals surface area contributed by atoms with Crippen molar-refractivity contribution >= 4 is 29.5 Å². The van der Waals surface area contributed by atoms with E-state index in [-0.39, 0.29) is 54.0 Å². The summed E-state index contributed by atoms with van der Waals surface area (Å²) in [6.07, 6.45) is 8.34. The smallest absolute Gasteiger partial charge is 0.303 e. The van der Waals surface area contributed by atoms with Crippen molar-refractivity contribution in [1.29, 1.82) is 0 Å². The van der Waals surface area contributed by atoms with Crippen LogP contribution in [0.15, 0.2) is 23.8 Å². The number of allylic oxidation sites excluding steroid dienone is 1. The maximum absolute atomic E-state index is 12.8. The molecule has 3 aliphatic heterocycles. The van der Waals surface area contributed by atoms with Crippen molar-refractivity contribution in [1.82, 2.24) is 10.2 Å². The first-order chi connectivity index (χ1) is 20.7. The van der Waals surface area contributed by atoms with Crippen molar-refractivity contribution in [3.8, 4) is 0 Å². The van der Waals surface area contributed by atoms with Gasteiger partial charge in [0.25, 0.3) is 0 Å². The third-order valence-corrected chi connectivity index (χ3v) is 9.66. The van der Waals surface area contributed by atoms with Gasteiger partial charge < -0.3 is 34.3 Å². The quantitative estimate of drug-likeness (QED) is 0.127. The number of nitrogens with zero attached hydrogens (tertiary/aromatic N) is 1. The number of aliphatic hydroxyl groups excluding tert-OH is 1. The number of hydrogen-bond acceptors (Lipinski definition) is 9. The average Bonchev–Trinajstić information content (AvgIpc) is 3.72. The summed E-state index contributed by atoms with van der Waals surface area (Å²) in [4.78, 5) is 38.1. The molecule has 0 aliphatic carbocycles. The normalized spacial score (nSPS) is 33.6. The molecule has 0 bridgehead atoms. The molecule has 3 heterocycles. The van der Waals surface area contributed by atoms with Crippen molar-refractivity contribution in [3.05, 3.63) is 23.8 Å². The number of hydrogen-bond donors (Lipinski definition) is 2. The lowest BCUT2D eigenvalue weighted by atomic mass is 9.81. The lowest BCUT2D eigenvalue weighted by Gasteiger charge is -2.41. The molecular formula is C33H54N2O8S. The molecule has 3 aliphatic rings. The molecule has 0 aromatic heterocycles. The predicted molar refractivity (Wildman–Crippen MR) is 171 cm³/mol. The fraction of sp³-hybridized carbons (Fsp3) is 0.788. The summed E-state index contributed by atoms with van der Waals surface area (Å²) in [5, 5.41) is 14.2. The standard InChI is InChI=1S/C33H54N2O8S/c1-20(9-11-28-21(2)16-27(24(5)42-28)34-29(37)12-10-23(4)41-25(6)36)15-22(3)31-32(39)33(19-40-33)18-26(43-31)17-30(38)35(7)13-14-44-8/h9-10,12,21-24,26-28,31-32,39H,11,13-19H2,1-8H3,(H,34,37)/b12-10-,20-9+/t21-,22?,23-,24+,26?,27+,28-,31+,32+,33+/m0/s1. The number of carbonyl (C=O) groups excluding carboxylic acids is 3. The van der Waals surface area contributed by atoms with E-state index in [1.165, 1.54) is 18.6 Å². The molecule has 10 atom stereocenters. The number of carbonyl (C=O) groups is 3. The highest BCUT2D eigenvalue weighted by Crippen LogP contribution is 2.45. The van der Waals surface area contributed by atoms with Crippen LogP contribution in [0, 0.1) is 11.8 Å². The molecule has 3 rings (SSSR count). The number of nitrogens with one attached hydrogen (secondary N) is 1. The second-order valence-corrected chi connectivity index (χ2v) is 14.1. The molecule has 2 unspecified atom stereocenters. The van der Waals surface area contributed by atoms with Gasteiger partial charge in [0.05, 0.1) is 43.5 Å². The molecule has 10 nitrogen and oxygen atoms in total. The fourth-order valence-corrected chi connectivity index (χ4v) is 6.75. The summed E-state index contributed by atoms with van der Waals surface area (Å²) in [5.74, 6) is 0.599. The first-order valence-electron chi connectivity index (χ1n) is 15.9. The van der Waals surface area contributed by atoms with Gasteiger partial charge in [-0.15, -0.1) is 0 Å². The zero-order valence-electron chi connectivity index (χ0n) is 27.7. The Hall–Kier alpha value is -1.92. The predicted octanol–water partition coefficient (Wildman–Crippen LogP) is 3.65. The van der Waals surface area contributed by atoms with Crippen LogP contribution < -0.4 is 5.32 Å². The Kier molecular flexibility index (Phi) is 13.8. The van der Waals surface area contributed by atoms with Gasteiger partial charge >= 0.3 is 5.97 Å². The second-order valence-electron chi connectivity index (χ2n) is 13.1. The molecule has 3 saturated heterocycles. The Balaban J connectivity index is 1.50. The molecule has 250 valence electrons. The number of thioether (sulfide) groups is 1. The Morgan fingerprint density at radius 3 is 2.55 bits per heavy atom. The number of esters is 1. The van der Waals surface area contributed by atoms with Crippen molar-refractivity contribution in [2.24, 2.45) is 11.8 Å². The van der Waals surface area contributed by atoms with Gasteiger partial charge in [0.15, 0.2) is 0 Å². The number of aliphatic hydroxyl groups is 1. The van der Waals surface area contributed by atoms with Crippen LogP contribution >= 0.6 is 11.8 Å². The second kappa shape index (κ2) is 16.6. The summed E-state index contributed by atoms with van der Waals surface area (Å²) in [5.41, 5.74) is 0.599. The average molecular weight is 639 g/mol. The summed E-state index contributed by atoms with van der Waals surface area (Å²) in [6.45, 7) is 12.6. The maximum atomic E-state index is 12.8. The van der Waals surface area contributed by atoms with Crippen molar-refractivity contribution in [2.75, 3.05) is 32.2 Å². The Bertz CT molecular complexity index is 1050. The van der Waals surface area contributed by atoms with Gasteiger partial charge in [0.1, 0.15) is 17.8 Å². The van der Waals surface area contributed by atoms with Crippen LogP contribution in [0.5, 0.6) is 0 Å². The first-order valence-corrected chi connectivity index (χ1v) is 17.3. The van der Waals surface area contributed by atoms with Crippen LogP contribution in [0.3, 0.4) is 0 Å². The molecule has 0 radical (unpaired) electrons. The number of epoxide rings is 1. The van der Waals surface area contributed by atoms with E-state index in [4.69, 9.17) is 18.9 Å². The van der Waals surface area contributed by atoms with E-state index in [1.807, 2.05) is 20.2 Å². The molecule has 11 heteroatoms. The van der Waals surface area contributed by atoms with Gasteiger partial charge in [0, 0.05) is 38.8 Å². The van der Waals surface area contributed by atoms with Gasteiger partial charge in [0.2, 0.25) is 11.8 Å². The fourth-order valence-electron chi connectivity index (χ4n) is 6.29. The molecule has 2 amide bonds. The van der Waals surface area contributed by atoms with E-state index < -0.39 is 23.9 Å². The number of rotatable bonds is 14. The molecule has 2 N–H and O–H groups in total. The summed E-state index contributed by atoms with van der Waals surface area (Å²) in [6, 6.07) is -0.111. The van der Waals surface area contributed by atoms with Gasteiger partial charge in [-0.3, -0.25) is 14.4 Å². The van der Waals surface area contributed by atoms with Crippen molar-refractivity contribution < 1.29 is 38.4 Å². The molecule has 3 fully saturated rings. The van der Waals surface area contributed by atoms with E-state index in [9.17, 15) is 19.5 Å². The highest BCUT2D eigenvalue weighted by Gasteiger charge is 2.59. The maximum Gasteiger partial charge on any atom is 0.303 e. The number of ether oxygens (including phenoxy) is 4. The Labute approximate surface area is 267 Å². The SMILES string of the molecule is CSCCN(C)C(=O)CC1C[C@@]2(CO2)[C@H](O)[C@@H](C(C)C/C(C)=C/C[C@@H]2O[C@H](C)[C@H](NC(=O)/C=C\[C@H](C)OC(C)=O)C[C@@H]2C)O1. The molecule has 44 heavy (non-hydrogen) atoms. The minimum atomic E-state index is -0.722. The topological polar surface area (TPSA) is 127 Å². The van der Waals surface area contributed by atoms with E-state index in [2.05, 4.69) is 32.2 Å². The minimum Gasteiger partial charge on any atom is -0.459 e. The molecule has 0 aromatic rings. The lowest BCUT2D eigenvalue weighted by Crippen LogP contribution is -2.54. The molecular weight excluding hydrogens is 584 g/mol. The summed E-state index contributed by atoms with van der Waals surface area (Å²) < 4.78 is 23.5. The molecule has 1 spiro atoms. The largest absolute Gasteiger partial charge is 0.459 e. The number of amides is 2. The van der Waals surface area contributed by atoms with Crippen LogP contribution in [0.25, 0.3) is 0 Å². The van der Waals surface area contributed by atoms with E-state index in [0.717, 1.165) is 25.0 Å². The van der Waals surface area contributed by atoms with E-state index in [0.29, 0.717) is 26.0 Å². The van der Waals surface area contributed by atoms with Crippen LogP contribution in [0.1, 0.15) is 73.6 Å². The van der Waals surface area contributed by atoms with Crippen LogP contribution in [-0.2, 0) is 33.3 Å². The van der Waals surface area contributed by atoms with Gasteiger partial charge in [-0.1, -0.05) is 25.5 Å². The van der Waals surface area contributed by atoms with Crippen molar-refractivity contribution in [3.63, 3.8) is 0 Å². The molecule has 0 saturated carbocycles. The zero-order chi connectivity index (χ0) is 32.6. The Morgan fingerprint density at radius 2 is 1.91 bits per heavy atom. The summed E-state index contributed by atoms with van der Waals surface area (Å²) in [7, 11) is 1.83. The zero-order valence-corrected chi connectivity index (χ0v) is 28.6. The highest BCUT2D eigenvalue weighted by molar-refractivity contribution is 7.98. The van der Waals surface area contributed by atoms with Crippen LogP contribution in [0.2, 0.25) is 0 Å². The first kappa shape index (κ1) is 36.5. The minimum absolute atomic E-state index is 0.0288. The third-order valence-electron chi connectivity index (χ3n) is 9.06. The monoisotopic (exact) mass is 638 g/mol. The van der Waals surface area contributed by atoms with Crippen LogP contribution in [0.4, 0.5) is 0 Å². The Morgan fingerprint density at radius 1 is 1.20 bits per heavy atom. The van der Waals surface area contributed by atoms with E-state index >= 15 is 0 Å². The van der Waals surface area contributed by atoms with E-state index in [1.54, 1.807) is 29.7 Å².